The van der Waals surface area contributed by atoms with Gasteiger partial charge in [-0.15, -0.1) is 0 Å². The van der Waals surface area contributed by atoms with Crippen LogP contribution in [-0.2, 0) is 4.79 Å². The van der Waals surface area contributed by atoms with Crippen LogP contribution in [0.15, 0.2) is 18.3 Å². The third-order valence-corrected chi connectivity index (χ3v) is 4.25. The highest BCUT2D eigenvalue weighted by Gasteiger charge is 2.42. The van der Waals surface area contributed by atoms with Gasteiger partial charge in [0, 0.05) is 32.4 Å². The minimum absolute atomic E-state index is 0.0243. The molecule has 0 aliphatic heterocycles. The van der Waals surface area contributed by atoms with Crippen molar-refractivity contribution in [3.05, 3.63) is 29.6 Å². The summed E-state index contributed by atoms with van der Waals surface area (Å²) in [4.78, 5) is 40.9. The van der Waals surface area contributed by atoms with E-state index in [2.05, 4.69) is 10.3 Å². The van der Waals surface area contributed by atoms with E-state index in [1.807, 2.05) is 0 Å². The standard InChI is InChI=1S/C16H21N3O4/c1-19(2)15(23)16(6-3-4-7-16)10-18-13(20)11-5-8-17-12(9-11)14(21)22/h5,8-9H,3-4,6-7,10H2,1-2H3,(H,18,20)(H,21,22). The number of aromatic carboxylic acids is 1. The van der Waals surface area contributed by atoms with Crippen molar-refractivity contribution in [1.29, 1.82) is 0 Å². The lowest BCUT2D eigenvalue weighted by atomic mass is 9.84. The van der Waals surface area contributed by atoms with E-state index in [4.69, 9.17) is 5.11 Å². The number of hydrogen-bond acceptors (Lipinski definition) is 4. The van der Waals surface area contributed by atoms with Crippen LogP contribution in [-0.4, -0.2) is 53.4 Å². The highest BCUT2D eigenvalue weighted by atomic mass is 16.4. The predicted molar refractivity (Wildman–Crippen MR) is 83.1 cm³/mol. The Morgan fingerprint density at radius 1 is 1.30 bits per heavy atom. The zero-order valence-electron chi connectivity index (χ0n) is 13.3. The van der Waals surface area contributed by atoms with Gasteiger partial charge in [0.05, 0.1) is 5.41 Å². The summed E-state index contributed by atoms with van der Waals surface area (Å²) in [5.41, 5.74) is -0.512. The van der Waals surface area contributed by atoms with Crippen LogP contribution < -0.4 is 5.32 Å². The second-order valence-corrected chi connectivity index (χ2v) is 6.10. The molecule has 2 N–H and O–H groups in total. The Hall–Kier alpha value is -2.44. The van der Waals surface area contributed by atoms with Crippen molar-refractivity contribution in [1.82, 2.24) is 15.2 Å². The van der Waals surface area contributed by atoms with Crippen LogP contribution >= 0.6 is 0 Å². The van der Waals surface area contributed by atoms with Gasteiger partial charge in [-0.2, -0.15) is 0 Å². The van der Waals surface area contributed by atoms with Crippen LogP contribution in [0, 0.1) is 5.41 Å². The fourth-order valence-electron chi connectivity index (χ4n) is 3.03. The van der Waals surface area contributed by atoms with E-state index in [-0.39, 0.29) is 23.7 Å². The average Bonchev–Trinajstić information content (AvgIpc) is 3.01. The SMILES string of the molecule is CN(C)C(=O)C1(CNC(=O)c2ccnc(C(=O)O)c2)CCCC1. The molecular weight excluding hydrogens is 298 g/mol. The van der Waals surface area contributed by atoms with Crippen molar-refractivity contribution in [2.24, 2.45) is 5.41 Å². The van der Waals surface area contributed by atoms with Crippen LogP contribution in [0.4, 0.5) is 0 Å². The van der Waals surface area contributed by atoms with Gasteiger partial charge < -0.3 is 15.3 Å². The minimum Gasteiger partial charge on any atom is -0.477 e. The molecule has 0 aromatic carbocycles. The van der Waals surface area contributed by atoms with Gasteiger partial charge in [-0.1, -0.05) is 12.8 Å². The first kappa shape index (κ1) is 16.9. The second kappa shape index (κ2) is 6.76. The summed E-state index contributed by atoms with van der Waals surface area (Å²) in [6.07, 6.45) is 4.72. The van der Waals surface area contributed by atoms with Gasteiger partial charge in [-0.05, 0) is 25.0 Å². The molecule has 1 saturated carbocycles. The molecule has 0 spiro atoms. The largest absolute Gasteiger partial charge is 0.477 e. The maximum atomic E-state index is 12.4. The topological polar surface area (TPSA) is 99.6 Å². The van der Waals surface area contributed by atoms with Gasteiger partial charge in [-0.25, -0.2) is 9.78 Å². The number of carboxylic acids is 1. The van der Waals surface area contributed by atoms with Crippen LogP contribution in [0.5, 0.6) is 0 Å². The molecule has 2 rings (SSSR count). The summed E-state index contributed by atoms with van der Waals surface area (Å²) >= 11 is 0. The van der Waals surface area contributed by atoms with E-state index < -0.39 is 17.3 Å². The number of nitrogens with zero attached hydrogens (tertiary/aromatic N) is 2. The van der Waals surface area contributed by atoms with E-state index in [1.54, 1.807) is 19.0 Å². The summed E-state index contributed by atoms with van der Waals surface area (Å²) < 4.78 is 0. The van der Waals surface area contributed by atoms with Gasteiger partial charge in [0.15, 0.2) is 0 Å². The molecule has 0 unspecified atom stereocenters. The Morgan fingerprint density at radius 2 is 1.96 bits per heavy atom. The van der Waals surface area contributed by atoms with Crippen molar-refractivity contribution in [2.75, 3.05) is 20.6 Å². The van der Waals surface area contributed by atoms with Crippen molar-refractivity contribution in [3.63, 3.8) is 0 Å². The fourth-order valence-corrected chi connectivity index (χ4v) is 3.03. The number of hydrogen-bond donors (Lipinski definition) is 2. The van der Waals surface area contributed by atoms with E-state index in [0.29, 0.717) is 0 Å². The highest BCUT2D eigenvalue weighted by Crippen LogP contribution is 2.38. The van der Waals surface area contributed by atoms with Crippen molar-refractivity contribution in [3.8, 4) is 0 Å². The summed E-state index contributed by atoms with van der Waals surface area (Å²) in [5, 5.41) is 11.7. The number of rotatable bonds is 5. The molecule has 0 atom stereocenters. The van der Waals surface area contributed by atoms with Gasteiger partial charge in [-0.3, -0.25) is 9.59 Å². The zero-order chi connectivity index (χ0) is 17.0. The summed E-state index contributed by atoms with van der Waals surface area (Å²) in [6.45, 7) is 0.258. The van der Waals surface area contributed by atoms with E-state index in [1.165, 1.54) is 18.3 Å². The summed E-state index contributed by atoms with van der Waals surface area (Å²) in [5.74, 6) is -1.56. The Labute approximate surface area is 134 Å². The number of nitrogens with one attached hydrogen (secondary N) is 1. The molecule has 2 amide bonds. The van der Waals surface area contributed by atoms with Gasteiger partial charge >= 0.3 is 5.97 Å². The quantitative estimate of drug-likeness (QED) is 0.848. The molecule has 7 heteroatoms. The van der Waals surface area contributed by atoms with E-state index in [0.717, 1.165) is 25.7 Å². The number of aromatic nitrogens is 1. The second-order valence-electron chi connectivity index (χ2n) is 6.10. The molecule has 124 valence electrons. The van der Waals surface area contributed by atoms with E-state index >= 15 is 0 Å². The third-order valence-electron chi connectivity index (χ3n) is 4.25. The number of carbonyl (C=O) groups excluding carboxylic acids is 2. The number of pyridine rings is 1. The summed E-state index contributed by atoms with van der Waals surface area (Å²) in [6, 6.07) is 2.68. The van der Waals surface area contributed by atoms with Gasteiger partial charge in [0.25, 0.3) is 5.91 Å². The first-order chi connectivity index (χ1) is 10.9. The molecule has 0 bridgehead atoms. The Bertz CT molecular complexity index is 622. The number of amides is 2. The van der Waals surface area contributed by atoms with Crippen LogP contribution in [0.25, 0.3) is 0 Å². The first-order valence-corrected chi connectivity index (χ1v) is 7.55. The monoisotopic (exact) mass is 319 g/mol. The minimum atomic E-state index is -1.19. The van der Waals surface area contributed by atoms with Crippen molar-refractivity contribution in [2.45, 2.75) is 25.7 Å². The zero-order valence-corrected chi connectivity index (χ0v) is 13.3. The van der Waals surface area contributed by atoms with Crippen LogP contribution in [0.3, 0.4) is 0 Å². The number of carboxylic acid groups (broad SMARTS) is 1. The highest BCUT2D eigenvalue weighted by molar-refractivity contribution is 5.97. The average molecular weight is 319 g/mol. The third kappa shape index (κ3) is 3.67. The van der Waals surface area contributed by atoms with Crippen LogP contribution in [0.1, 0.15) is 46.5 Å². The fraction of sp³-hybridized carbons (Fsp3) is 0.500. The van der Waals surface area contributed by atoms with Gasteiger partial charge in [0.1, 0.15) is 5.69 Å². The normalized spacial score (nSPS) is 15.9. The molecule has 1 aromatic heterocycles. The molecule has 7 nitrogen and oxygen atoms in total. The van der Waals surface area contributed by atoms with Crippen LogP contribution in [0.2, 0.25) is 0 Å². The van der Waals surface area contributed by atoms with E-state index in [9.17, 15) is 14.4 Å². The molecule has 23 heavy (non-hydrogen) atoms. The molecule has 1 fully saturated rings. The predicted octanol–water partition coefficient (Wildman–Crippen LogP) is 1.16. The molecule has 1 aromatic rings. The van der Waals surface area contributed by atoms with Crippen molar-refractivity contribution >= 4 is 17.8 Å². The molecule has 1 heterocycles. The van der Waals surface area contributed by atoms with Gasteiger partial charge in [0.2, 0.25) is 5.91 Å². The Balaban J connectivity index is 2.09. The molecule has 0 radical (unpaired) electrons. The smallest absolute Gasteiger partial charge is 0.354 e. The number of carbonyl (C=O) groups is 3. The Morgan fingerprint density at radius 3 is 2.52 bits per heavy atom. The lowest BCUT2D eigenvalue weighted by molar-refractivity contribution is -0.138. The molecule has 1 aliphatic rings. The maximum Gasteiger partial charge on any atom is 0.354 e. The molecule has 1 aliphatic carbocycles. The maximum absolute atomic E-state index is 12.4. The molecular formula is C16H21N3O4. The first-order valence-electron chi connectivity index (χ1n) is 7.55. The lowest BCUT2D eigenvalue weighted by Gasteiger charge is -2.30. The Kier molecular flexibility index (Phi) is 4.98. The summed E-state index contributed by atoms with van der Waals surface area (Å²) in [7, 11) is 3.43. The lowest BCUT2D eigenvalue weighted by Crippen LogP contribution is -2.46. The molecule has 0 saturated heterocycles. The van der Waals surface area contributed by atoms with Crippen molar-refractivity contribution < 1.29 is 19.5 Å².